The fraction of sp³-hybridized carbons (Fsp3) is 0.417. The van der Waals surface area contributed by atoms with Gasteiger partial charge in [-0.15, -0.1) is 0 Å². The highest BCUT2D eigenvalue weighted by Crippen LogP contribution is 2.47. The number of carboxylic acids is 1. The highest BCUT2D eigenvalue weighted by molar-refractivity contribution is 5.75. The molecule has 1 fully saturated rings. The van der Waals surface area contributed by atoms with E-state index in [-0.39, 0.29) is 11.8 Å². The summed E-state index contributed by atoms with van der Waals surface area (Å²) < 4.78 is 0. The van der Waals surface area contributed by atoms with Crippen molar-refractivity contribution in [1.29, 1.82) is 0 Å². The van der Waals surface area contributed by atoms with Gasteiger partial charge in [-0.05, 0) is 31.7 Å². The zero-order valence-corrected chi connectivity index (χ0v) is 8.45. The van der Waals surface area contributed by atoms with Gasteiger partial charge in [0.1, 0.15) is 0 Å². The lowest BCUT2D eigenvalue weighted by molar-refractivity contribution is -0.138. The molecular formula is C12H14O2. The molecule has 0 heterocycles. The van der Waals surface area contributed by atoms with E-state index in [9.17, 15) is 4.79 Å². The molecule has 2 nitrogen and oxygen atoms in total. The average Bonchev–Trinajstić information content (AvgIpc) is 2.79. The van der Waals surface area contributed by atoms with Crippen molar-refractivity contribution >= 4 is 5.97 Å². The Morgan fingerprint density at radius 2 is 1.86 bits per heavy atom. The van der Waals surface area contributed by atoms with E-state index in [0.717, 1.165) is 6.42 Å². The molecule has 1 aliphatic carbocycles. The first-order valence-electron chi connectivity index (χ1n) is 4.89. The van der Waals surface area contributed by atoms with Crippen LogP contribution in [0.3, 0.4) is 0 Å². The highest BCUT2D eigenvalue weighted by Gasteiger charge is 2.44. The molecule has 0 amide bonds. The predicted molar refractivity (Wildman–Crippen MR) is 54.4 cm³/mol. The zero-order chi connectivity index (χ0) is 10.3. The summed E-state index contributed by atoms with van der Waals surface area (Å²) in [5.41, 5.74) is 3.63. The summed E-state index contributed by atoms with van der Waals surface area (Å²) in [6.07, 6.45) is 0.804. The molecule has 1 aliphatic rings. The van der Waals surface area contributed by atoms with Crippen LogP contribution in [-0.4, -0.2) is 11.1 Å². The number of aliphatic carboxylic acids is 1. The third-order valence-corrected chi connectivity index (χ3v) is 2.78. The Balaban J connectivity index is 2.23. The maximum absolute atomic E-state index is 10.7. The van der Waals surface area contributed by atoms with Crippen LogP contribution in [0.1, 0.15) is 29.0 Å². The summed E-state index contributed by atoms with van der Waals surface area (Å²) in [6.45, 7) is 4.10. The third kappa shape index (κ3) is 1.65. The minimum atomic E-state index is -0.658. The minimum Gasteiger partial charge on any atom is -0.481 e. The summed E-state index contributed by atoms with van der Waals surface area (Å²) >= 11 is 0. The lowest BCUT2D eigenvalue weighted by atomic mass is 10.0. The maximum Gasteiger partial charge on any atom is 0.307 e. The van der Waals surface area contributed by atoms with Crippen LogP contribution in [0.25, 0.3) is 0 Å². The van der Waals surface area contributed by atoms with Gasteiger partial charge in [0.05, 0.1) is 5.92 Å². The topological polar surface area (TPSA) is 37.3 Å². The molecule has 1 aromatic carbocycles. The van der Waals surface area contributed by atoms with Crippen molar-refractivity contribution < 1.29 is 9.90 Å². The van der Waals surface area contributed by atoms with E-state index in [1.165, 1.54) is 16.7 Å². The smallest absolute Gasteiger partial charge is 0.307 e. The predicted octanol–water partition coefficient (Wildman–Crippen LogP) is 2.49. The molecule has 2 rings (SSSR count). The van der Waals surface area contributed by atoms with Crippen molar-refractivity contribution in [2.45, 2.75) is 26.2 Å². The van der Waals surface area contributed by atoms with Crippen molar-refractivity contribution in [3.05, 3.63) is 34.9 Å². The van der Waals surface area contributed by atoms with Gasteiger partial charge in [0.2, 0.25) is 0 Å². The van der Waals surface area contributed by atoms with E-state index >= 15 is 0 Å². The van der Waals surface area contributed by atoms with Crippen molar-refractivity contribution in [3.8, 4) is 0 Å². The highest BCUT2D eigenvalue weighted by atomic mass is 16.4. The second kappa shape index (κ2) is 3.12. The Morgan fingerprint density at radius 1 is 1.29 bits per heavy atom. The van der Waals surface area contributed by atoms with Gasteiger partial charge in [-0.1, -0.05) is 29.3 Å². The van der Waals surface area contributed by atoms with Crippen LogP contribution < -0.4 is 0 Å². The Bertz CT molecular complexity index is 362. The fourth-order valence-electron chi connectivity index (χ4n) is 2.06. The first-order valence-corrected chi connectivity index (χ1v) is 4.89. The monoisotopic (exact) mass is 190 g/mol. The van der Waals surface area contributed by atoms with Crippen LogP contribution in [0.15, 0.2) is 18.2 Å². The molecule has 0 aliphatic heterocycles. The SMILES string of the molecule is Cc1cc(C)cc([C@@H]2C[C@@H]2C(=O)O)c1. The summed E-state index contributed by atoms with van der Waals surface area (Å²) in [7, 11) is 0. The van der Waals surface area contributed by atoms with Crippen LogP contribution >= 0.6 is 0 Å². The molecule has 0 bridgehead atoms. The Hall–Kier alpha value is -1.31. The van der Waals surface area contributed by atoms with Gasteiger partial charge in [0, 0.05) is 0 Å². The fourth-order valence-corrected chi connectivity index (χ4v) is 2.06. The third-order valence-electron chi connectivity index (χ3n) is 2.78. The molecule has 1 N–H and O–H groups in total. The number of hydrogen-bond donors (Lipinski definition) is 1. The van der Waals surface area contributed by atoms with Crippen molar-refractivity contribution in [1.82, 2.24) is 0 Å². The molecular weight excluding hydrogens is 176 g/mol. The lowest BCUT2D eigenvalue weighted by Crippen LogP contribution is -1.99. The zero-order valence-electron chi connectivity index (χ0n) is 8.45. The molecule has 0 radical (unpaired) electrons. The number of aryl methyl sites for hydroxylation is 2. The van der Waals surface area contributed by atoms with Gasteiger partial charge in [-0.3, -0.25) is 4.79 Å². The van der Waals surface area contributed by atoms with Gasteiger partial charge < -0.3 is 5.11 Å². The van der Waals surface area contributed by atoms with E-state index in [0.29, 0.717) is 0 Å². The second-order valence-corrected chi connectivity index (χ2v) is 4.21. The molecule has 0 unspecified atom stereocenters. The van der Waals surface area contributed by atoms with E-state index in [2.05, 4.69) is 32.0 Å². The molecule has 1 aromatic rings. The Morgan fingerprint density at radius 3 is 2.29 bits per heavy atom. The largest absolute Gasteiger partial charge is 0.481 e. The lowest BCUT2D eigenvalue weighted by Gasteiger charge is -2.03. The van der Waals surface area contributed by atoms with E-state index in [4.69, 9.17) is 5.11 Å². The Labute approximate surface area is 83.6 Å². The van der Waals surface area contributed by atoms with Gasteiger partial charge in [0.25, 0.3) is 0 Å². The molecule has 0 aromatic heterocycles. The van der Waals surface area contributed by atoms with E-state index in [1.54, 1.807) is 0 Å². The molecule has 0 saturated heterocycles. The van der Waals surface area contributed by atoms with Crippen molar-refractivity contribution in [2.24, 2.45) is 5.92 Å². The average molecular weight is 190 g/mol. The summed E-state index contributed by atoms with van der Waals surface area (Å²) in [5.74, 6) is -0.545. The van der Waals surface area contributed by atoms with Crippen LogP contribution in [0.4, 0.5) is 0 Å². The molecule has 0 spiro atoms. The quantitative estimate of drug-likeness (QED) is 0.778. The maximum atomic E-state index is 10.7. The molecule has 14 heavy (non-hydrogen) atoms. The number of carboxylic acid groups (broad SMARTS) is 1. The van der Waals surface area contributed by atoms with E-state index in [1.807, 2.05) is 0 Å². The van der Waals surface area contributed by atoms with Gasteiger partial charge in [-0.25, -0.2) is 0 Å². The first-order chi connectivity index (χ1) is 6.58. The molecule has 2 heteroatoms. The van der Waals surface area contributed by atoms with Crippen molar-refractivity contribution in [3.63, 3.8) is 0 Å². The normalized spacial score (nSPS) is 24.7. The second-order valence-electron chi connectivity index (χ2n) is 4.21. The number of rotatable bonds is 2. The van der Waals surface area contributed by atoms with Gasteiger partial charge >= 0.3 is 5.97 Å². The van der Waals surface area contributed by atoms with Crippen LogP contribution in [-0.2, 0) is 4.79 Å². The molecule has 74 valence electrons. The standard InChI is InChI=1S/C12H14O2/c1-7-3-8(2)5-9(4-7)10-6-11(10)12(13)14/h3-5,10-11H,6H2,1-2H3,(H,13,14)/t10-,11-/m0/s1. The van der Waals surface area contributed by atoms with Crippen LogP contribution in [0.2, 0.25) is 0 Å². The van der Waals surface area contributed by atoms with Gasteiger partial charge in [-0.2, -0.15) is 0 Å². The Kier molecular flexibility index (Phi) is 2.06. The minimum absolute atomic E-state index is 0.142. The molecule has 1 saturated carbocycles. The summed E-state index contributed by atoms with van der Waals surface area (Å²) in [6, 6.07) is 6.31. The number of carbonyl (C=O) groups is 1. The summed E-state index contributed by atoms with van der Waals surface area (Å²) in [4.78, 5) is 10.7. The van der Waals surface area contributed by atoms with E-state index < -0.39 is 5.97 Å². The first kappa shape index (κ1) is 9.25. The van der Waals surface area contributed by atoms with Crippen LogP contribution in [0, 0.1) is 19.8 Å². The van der Waals surface area contributed by atoms with Crippen LogP contribution in [0.5, 0.6) is 0 Å². The molecule has 2 atom stereocenters. The van der Waals surface area contributed by atoms with Gasteiger partial charge in [0.15, 0.2) is 0 Å². The summed E-state index contributed by atoms with van der Waals surface area (Å²) in [5, 5.41) is 8.82. The number of hydrogen-bond acceptors (Lipinski definition) is 1. The van der Waals surface area contributed by atoms with Crippen molar-refractivity contribution in [2.75, 3.05) is 0 Å². The number of benzene rings is 1.